The van der Waals surface area contributed by atoms with Gasteiger partial charge in [-0.3, -0.25) is 0 Å². The zero-order valence-electron chi connectivity index (χ0n) is 11.0. The molecule has 1 aliphatic rings. The van der Waals surface area contributed by atoms with Crippen LogP contribution in [0.4, 0.5) is 0 Å². The zero-order valence-corrected chi connectivity index (χ0v) is 11.8. The van der Waals surface area contributed by atoms with Crippen LogP contribution in [0.3, 0.4) is 0 Å². The highest BCUT2D eigenvalue weighted by atomic mass is 32.1. The van der Waals surface area contributed by atoms with Gasteiger partial charge in [0, 0.05) is 17.9 Å². The predicted molar refractivity (Wildman–Crippen MR) is 76.3 cm³/mol. The number of ether oxygens (including phenoxy) is 2. The Kier molecular flexibility index (Phi) is 3.48. The molecule has 0 spiro atoms. The first-order valence-corrected chi connectivity index (χ1v) is 6.53. The Morgan fingerprint density at radius 2 is 2.28 bits per heavy atom. The highest BCUT2D eigenvalue weighted by Gasteiger charge is 2.32. The monoisotopic (exact) mass is 265 g/mol. The average molecular weight is 265 g/mol. The largest absolute Gasteiger partial charge is 0.489 e. The standard InChI is InChI=1S/C14H19NO2S/c1-9(13(15)18)8-16-11-6-4-5-10-7-14(2,3)17-12(10)11/h4-6,9H,7-8H2,1-3H3,(H2,15,18). The number of hydrogen-bond acceptors (Lipinski definition) is 3. The van der Waals surface area contributed by atoms with E-state index in [9.17, 15) is 0 Å². The summed E-state index contributed by atoms with van der Waals surface area (Å²) in [5.41, 5.74) is 6.61. The number of hydrogen-bond donors (Lipinski definition) is 1. The molecule has 0 radical (unpaired) electrons. The maximum Gasteiger partial charge on any atom is 0.165 e. The van der Waals surface area contributed by atoms with Crippen LogP contribution in [0.5, 0.6) is 11.5 Å². The Hall–Kier alpha value is -1.29. The minimum atomic E-state index is -0.156. The topological polar surface area (TPSA) is 44.5 Å². The molecule has 98 valence electrons. The van der Waals surface area contributed by atoms with Crippen LogP contribution in [0.2, 0.25) is 0 Å². The van der Waals surface area contributed by atoms with E-state index in [4.69, 9.17) is 27.4 Å². The van der Waals surface area contributed by atoms with E-state index in [1.807, 2.05) is 19.1 Å². The van der Waals surface area contributed by atoms with Crippen LogP contribution in [0.15, 0.2) is 18.2 Å². The van der Waals surface area contributed by atoms with E-state index >= 15 is 0 Å². The second-order valence-electron chi connectivity index (χ2n) is 5.40. The molecule has 1 aromatic carbocycles. The minimum absolute atomic E-state index is 0.0604. The molecule has 0 saturated carbocycles. The number of nitrogens with two attached hydrogens (primary N) is 1. The Bertz CT molecular complexity index is 471. The minimum Gasteiger partial charge on any atom is -0.489 e. The van der Waals surface area contributed by atoms with Crippen molar-refractivity contribution in [2.24, 2.45) is 11.7 Å². The summed E-state index contributed by atoms with van der Waals surface area (Å²) in [7, 11) is 0. The van der Waals surface area contributed by atoms with Crippen molar-refractivity contribution in [3.05, 3.63) is 23.8 Å². The molecule has 1 heterocycles. The highest BCUT2D eigenvalue weighted by molar-refractivity contribution is 7.80. The van der Waals surface area contributed by atoms with Crippen molar-refractivity contribution < 1.29 is 9.47 Å². The number of benzene rings is 1. The molecule has 0 amide bonds. The molecule has 1 atom stereocenters. The van der Waals surface area contributed by atoms with Crippen molar-refractivity contribution >= 4 is 17.2 Å². The summed E-state index contributed by atoms with van der Waals surface area (Å²) < 4.78 is 11.7. The third-order valence-corrected chi connectivity index (χ3v) is 3.43. The smallest absolute Gasteiger partial charge is 0.165 e. The lowest BCUT2D eigenvalue weighted by Gasteiger charge is -2.19. The van der Waals surface area contributed by atoms with Gasteiger partial charge in [-0.2, -0.15) is 0 Å². The molecule has 0 aromatic heterocycles. The van der Waals surface area contributed by atoms with Gasteiger partial charge in [-0.05, 0) is 19.9 Å². The van der Waals surface area contributed by atoms with Gasteiger partial charge < -0.3 is 15.2 Å². The number of fused-ring (bicyclic) bond motifs is 1. The lowest BCUT2D eigenvalue weighted by Crippen LogP contribution is -2.25. The summed E-state index contributed by atoms with van der Waals surface area (Å²) in [6.07, 6.45) is 0.907. The lowest BCUT2D eigenvalue weighted by atomic mass is 10.0. The summed E-state index contributed by atoms with van der Waals surface area (Å²) in [6, 6.07) is 5.99. The predicted octanol–water partition coefficient (Wildman–Crippen LogP) is 2.70. The van der Waals surface area contributed by atoms with Gasteiger partial charge in [-0.1, -0.05) is 31.3 Å². The number of para-hydroxylation sites is 1. The summed E-state index contributed by atoms with van der Waals surface area (Å²) in [5, 5.41) is 0. The third-order valence-electron chi connectivity index (χ3n) is 3.03. The van der Waals surface area contributed by atoms with Gasteiger partial charge in [0.2, 0.25) is 0 Å². The van der Waals surface area contributed by atoms with E-state index in [0.29, 0.717) is 11.6 Å². The molecule has 2 rings (SSSR count). The van der Waals surface area contributed by atoms with Crippen LogP contribution < -0.4 is 15.2 Å². The summed E-state index contributed by atoms with van der Waals surface area (Å²) >= 11 is 4.94. The normalized spacial score (nSPS) is 17.7. The van der Waals surface area contributed by atoms with Gasteiger partial charge in [0.15, 0.2) is 11.5 Å². The quantitative estimate of drug-likeness (QED) is 0.850. The van der Waals surface area contributed by atoms with Gasteiger partial charge >= 0.3 is 0 Å². The van der Waals surface area contributed by atoms with Crippen molar-refractivity contribution in [3.8, 4) is 11.5 Å². The molecular weight excluding hydrogens is 246 g/mol. The Balaban J connectivity index is 2.12. The van der Waals surface area contributed by atoms with Gasteiger partial charge in [-0.15, -0.1) is 0 Å². The zero-order chi connectivity index (χ0) is 13.3. The van der Waals surface area contributed by atoms with Crippen molar-refractivity contribution in [1.82, 2.24) is 0 Å². The molecule has 3 nitrogen and oxygen atoms in total. The molecule has 2 N–H and O–H groups in total. The lowest BCUT2D eigenvalue weighted by molar-refractivity contribution is 0.131. The molecule has 1 unspecified atom stereocenters. The summed E-state index contributed by atoms with van der Waals surface area (Å²) in [5.74, 6) is 1.70. The first-order valence-electron chi connectivity index (χ1n) is 6.12. The fourth-order valence-electron chi connectivity index (χ4n) is 2.00. The molecular formula is C14H19NO2S. The van der Waals surface area contributed by atoms with Crippen molar-refractivity contribution in [3.63, 3.8) is 0 Å². The molecule has 0 fully saturated rings. The Morgan fingerprint density at radius 3 is 2.94 bits per heavy atom. The molecule has 18 heavy (non-hydrogen) atoms. The van der Waals surface area contributed by atoms with Gasteiger partial charge in [0.05, 0.1) is 11.6 Å². The van der Waals surface area contributed by atoms with E-state index in [1.165, 1.54) is 5.56 Å². The number of rotatable bonds is 4. The van der Waals surface area contributed by atoms with E-state index in [2.05, 4.69) is 19.9 Å². The van der Waals surface area contributed by atoms with Gasteiger partial charge in [0.1, 0.15) is 5.60 Å². The van der Waals surface area contributed by atoms with Gasteiger partial charge in [-0.25, -0.2) is 0 Å². The maximum atomic E-state index is 5.93. The van der Waals surface area contributed by atoms with Crippen molar-refractivity contribution in [2.75, 3.05) is 6.61 Å². The van der Waals surface area contributed by atoms with Crippen LogP contribution in [0.25, 0.3) is 0 Å². The molecule has 0 aliphatic carbocycles. The van der Waals surface area contributed by atoms with Crippen molar-refractivity contribution in [2.45, 2.75) is 32.8 Å². The fourth-order valence-corrected chi connectivity index (χ4v) is 2.07. The molecule has 0 bridgehead atoms. The summed E-state index contributed by atoms with van der Waals surface area (Å²) in [6.45, 7) is 6.59. The van der Waals surface area contributed by atoms with Crippen LogP contribution in [-0.4, -0.2) is 17.2 Å². The Labute approximate surface area is 113 Å². The SMILES string of the molecule is CC(COc1cccc2c1OC(C)(C)C2)C(N)=S. The first-order chi connectivity index (χ1) is 8.39. The number of thiocarbonyl (C=S) groups is 1. The second-order valence-corrected chi connectivity index (χ2v) is 5.87. The third kappa shape index (κ3) is 2.75. The maximum absolute atomic E-state index is 5.93. The van der Waals surface area contributed by atoms with E-state index in [-0.39, 0.29) is 11.5 Å². The molecule has 4 heteroatoms. The molecule has 1 aromatic rings. The fraction of sp³-hybridized carbons (Fsp3) is 0.500. The van der Waals surface area contributed by atoms with E-state index in [0.717, 1.165) is 17.9 Å². The highest BCUT2D eigenvalue weighted by Crippen LogP contribution is 2.41. The van der Waals surface area contributed by atoms with E-state index < -0.39 is 0 Å². The summed E-state index contributed by atoms with van der Waals surface area (Å²) in [4.78, 5) is 0.476. The average Bonchev–Trinajstić information content (AvgIpc) is 2.59. The second kappa shape index (κ2) is 4.76. The van der Waals surface area contributed by atoms with Crippen LogP contribution in [0.1, 0.15) is 26.3 Å². The van der Waals surface area contributed by atoms with Crippen LogP contribution in [-0.2, 0) is 6.42 Å². The Morgan fingerprint density at radius 1 is 1.56 bits per heavy atom. The van der Waals surface area contributed by atoms with Crippen LogP contribution >= 0.6 is 12.2 Å². The van der Waals surface area contributed by atoms with Gasteiger partial charge in [0.25, 0.3) is 0 Å². The van der Waals surface area contributed by atoms with Crippen LogP contribution in [0, 0.1) is 5.92 Å². The first kappa shape index (κ1) is 13.1. The molecule has 1 aliphatic heterocycles. The van der Waals surface area contributed by atoms with E-state index in [1.54, 1.807) is 0 Å². The van der Waals surface area contributed by atoms with Crippen molar-refractivity contribution in [1.29, 1.82) is 0 Å². The molecule has 0 saturated heterocycles.